The van der Waals surface area contributed by atoms with Crippen LogP contribution in [0.4, 0.5) is 0 Å². The molecular formula is C14H13Si. The summed E-state index contributed by atoms with van der Waals surface area (Å²) in [5.74, 6) is 0. The summed E-state index contributed by atoms with van der Waals surface area (Å²) in [6.07, 6.45) is 2.22. The summed E-state index contributed by atoms with van der Waals surface area (Å²) in [5, 5.41) is 1.32. The second kappa shape index (κ2) is 4.76. The second-order valence-corrected chi connectivity index (χ2v) is 4.21. The van der Waals surface area contributed by atoms with Crippen molar-refractivity contribution in [3.8, 4) is 0 Å². The van der Waals surface area contributed by atoms with E-state index in [4.69, 9.17) is 0 Å². The Morgan fingerprint density at radius 1 is 0.800 bits per heavy atom. The Morgan fingerprint density at radius 2 is 1.33 bits per heavy atom. The van der Waals surface area contributed by atoms with Gasteiger partial charge in [-0.15, -0.1) is 0 Å². The van der Waals surface area contributed by atoms with Crippen LogP contribution in [0.5, 0.6) is 0 Å². The Balaban J connectivity index is 2.29. The first-order chi connectivity index (χ1) is 7.36. The standard InChI is InChI=1S/C14H13Si/c15-14(13-9-5-2-6-10-13)11-12-7-3-1-4-8-12/h1-11H,15H2/b14-11-. The van der Waals surface area contributed by atoms with Crippen LogP contribution in [0.25, 0.3) is 11.3 Å². The molecular weight excluding hydrogens is 196 g/mol. The number of rotatable bonds is 2. The molecule has 2 aromatic carbocycles. The Hall–Kier alpha value is -1.60. The Morgan fingerprint density at radius 3 is 1.93 bits per heavy atom. The van der Waals surface area contributed by atoms with Crippen molar-refractivity contribution in [1.82, 2.24) is 0 Å². The monoisotopic (exact) mass is 209 g/mol. The third-order valence-electron chi connectivity index (χ3n) is 2.29. The summed E-state index contributed by atoms with van der Waals surface area (Å²) in [4.78, 5) is 0. The van der Waals surface area contributed by atoms with Crippen molar-refractivity contribution in [2.75, 3.05) is 0 Å². The molecule has 0 nitrogen and oxygen atoms in total. The van der Waals surface area contributed by atoms with Crippen molar-refractivity contribution in [3.05, 3.63) is 71.8 Å². The molecule has 0 heterocycles. The molecule has 0 aliphatic rings. The average molecular weight is 209 g/mol. The lowest BCUT2D eigenvalue weighted by Gasteiger charge is -2.01. The molecule has 15 heavy (non-hydrogen) atoms. The van der Waals surface area contributed by atoms with Crippen molar-refractivity contribution in [2.45, 2.75) is 0 Å². The highest BCUT2D eigenvalue weighted by molar-refractivity contribution is 6.45. The molecule has 2 rings (SSSR count). The predicted molar refractivity (Wildman–Crippen MR) is 69.3 cm³/mol. The molecule has 0 aliphatic carbocycles. The summed E-state index contributed by atoms with van der Waals surface area (Å²) >= 11 is 0. The van der Waals surface area contributed by atoms with Gasteiger partial charge in [-0.2, -0.15) is 0 Å². The molecule has 2 aromatic rings. The quantitative estimate of drug-likeness (QED) is 0.527. The lowest BCUT2D eigenvalue weighted by Crippen LogP contribution is -1.82. The van der Waals surface area contributed by atoms with Crippen LogP contribution in [0.15, 0.2) is 60.7 Å². The van der Waals surface area contributed by atoms with Gasteiger partial charge in [0.2, 0.25) is 0 Å². The molecule has 0 spiro atoms. The molecule has 0 atom stereocenters. The number of hydrogen-bond acceptors (Lipinski definition) is 0. The van der Waals surface area contributed by atoms with E-state index in [0.29, 0.717) is 0 Å². The van der Waals surface area contributed by atoms with Gasteiger partial charge in [0.05, 0.1) is 0 Å². The van der Waals surface area contributed by atoms with E-state index in [1.807, 2.05) is 22.4 Å². The van der Waals surface area contributed by atoms with Crippen molar-refractivity contribution >= 4 is 21.5 Å². The Kier molecular flexibility index (Phi) is 3.15. The maximum absolute atomic E-state index is 2.22. The molecule has 0 fully saturated rings. The molecule has 0 bridgehead atoms. The zero-order chi connectivity index (χ0) is 10.5. The molecule has 0 N–H and O–H groups in total. The molecule has 1 radical (unpaired) electrons. The van der Waals surface area contributed by atoms with Gasteiger partial charge < -0.3 is 0 Å². The van der Waals surface area contributed by atoms with E-state index in [9.17, 15) is 0 Å². The van der Waals surface area contributed by atoms with Gasteiger partial charge in [-0.25, -0.2) is 0 Å². The topological polar surface area (TPSA) is 0 Å². The summed E-state index contributed by atoms with van der Waals surface area (Å²) in [5.41, 5.74) is 2.55. The van der Waals surface area contributed by atoms with Crippen LogP contribution in [0.3, 0.4) is 0 Å². The normalized spacial score (nSPS) is 11.4. The van der Waals surface area contributed by atoms with E-state index in [-0.39, 0.29) is 0 Å². The van der Waals surface area contributed by atoms with Gasteiger partial charge >= 0.3 is 0 Å². The molecule has 0 aromatic heterocycles. The van der Waals surface area contributed by atoms with E-state index in [2.05, 4.69) is 54.6 Å². The molecule has 0 unspecified atom stereocenters. The van der Waals surface area contributed by atoms with Gasteiger partial charge in [0.15, 0.2) is 0 Å². The fourth-order valence-corrected chi connectivity index (χ4v) is 1.96. The Bertz CT molecular complexity index is 443. The minimum atomic E-state index is 1.26. The molecule has 73 valence electrons. The van der Waals surface area contributed by atoms with Crippen LogP contribution in [-0.4, -0.2) is 10.2 Å². The average Bonchev–Trinajstić information content (AvgIpc) is 2.31. The van der Waals surface area contributed by atoms with E-state index in [0.717, 1.165) is 0 Å². The lowest BCUT2D eigenvalue weighted by molar-refractivity contribution is 1.64. The van der Waals surface area contributed by atoms with Gasteiger partial charge in [0.25, 0.3) is 0 Å². The largest absolute Gasteiger partial charge is 0.0622 e. The highest BCUT2D eigenvalue weighted by Crippen LogP contribution is 2.14. The zero-order valence-electron chi connectivity index (χ0n) is 8.56. The fourth-order valence-electron chi connectivity index (χ4n) is 1.49. The third kappa shape index (κ3) is 2.67. The van der Waals surface area contributed by atoms with Gasteiger partial charge in [-0.05, 0) is 11.1 Å². The first-order valence-electron chi connectivity index (χ1n) is 5.00. The van der Waals surface area contributed by atoms with Crippen molar-refractivity contribution in [2.24, 2.45) is 0 Å². The van der Waals surface area contributed by atoms with Gasteiger partial charge in [-0.3, -0.25) is 0 Å². The van der Waals surface area contributed by atoms with Gasteiger partial charge in [-0.1, -0.05) is 71.9 Å². The molecule has 0 saturated heterocycles. The molecule has 0 aliphatic heterocycles. The van der Waals surface area contributed by atoms with Crippen molar-refractivity contribution < 1.29 is 0 Å². The highest BCUT2D eigenvalue weighted by atomic mass is 28.1. The third-order valence-corrected chi connectivity index (χ3v) is 2.90. The van der Waals surface area contributed by atoms with Crippen LogP contribution < -0.4 is 0 Å². The van der Waals surface area contributed by atoms with Gasteiger partial charge in [0, 0.05) is 10.2 Å². The highest BCUT2D eigenvalue weighted by Gasteiger charge is 1.93. The zero-order valence-corrected chi connectivity index (χ0v) is 9.97. The molecule has 0 amide bonds. The maximum Gasteiger partial charge on any atom is 0.0485 e. The van der Waals surface area contributed by atoms with E-state index in [1.54, 1.807) is 0 Å². The number of hydrogen-bond donors (Lipinski definition) is 0. The van der Waals surface area contributed by atoms with Crippen LogP contribution in [0.2, 0.25) is 0 Å². The molecule has 0 saturated carbocycles. The van der Waals surface area contributed by atoms with Crippen molar-refractivity contribution in [1.29, 1.82) is 0 Å². The minimum Gasteiger partial charge on any atom is -0.0622 e. The van der Waals surface area contributed by atoms with E-state index < -0.39 is 0 Å². The minimum absolute atomic E-state index is 1.26. The van der Waals surface area contributed by atoms with Crippen LogP contribution in [0, 0.1) is 0 Å². The fraction of sp³-hybridized carbons (Fsp3) is 0. The first-order valence-corrected chi connectivity index (χ1v) is 5.71. The second-order valence-electron chi connectivity index (χ2n) is 3.45. The Labute approximate surface area is 93.7 Å². The van der Waals surface area contributed by atoms with Gasteiger partial charge in [0.1, 0.15) is 0 Å². The predicted octanol–water partition coefficient (Wildman–Crippen LogP) is 2.82. The number of benzene rings is 2. The summed E-state index contributed by atoms with van der Waals surface area (Å²) in [6.45, 7) is 0. The van der Waals surface area contributed by atoms with Crippen LogP contribution in [0.1, 0.15) is 11.1 Å². The summed E-state index contributed by atoms with van der Waals surface area (Å²) in [7, 11) is 1.93. The van der Waals surface area contributed by atoms with Crippen LogP contribution >= 0.6 is 0 Å². The first kappa shape index (κ1) is 9.93. The van der Waals surface area contributed by atoms with Crippen LogP contribution in [-0.2, 0) is 0 Å². The SMILES string of the molecule is [SiH2]/C(=C\c1ccccc1)c1ccccc1. The van der Waals surface area contributed by atoms with E-state index >= 15 is 0 Å². The van der Waals surface area contributed by atoms with Crippen molar-refractivity contribution in [3.63, 3.8) is 0 Å². The van der Waals surface area contributed by atoms with E-state index in [1.165, 1.54) is 16.3 Å². The smallest absolute Gasteiger partial charge is 0.0485 e. The summed E-state index contributed by atoms with van der Waals surface area (Å²) in [6, 6.07) is 20.9. The maximum atomic E-state index is 2.22. The molecule has 1 heteroatoms. The lowest BCUT2D eigenvalue weighted by atomic mass is 10.1. The summed E-state index contributed by atoms with van der Waals surface area (Å²) < 4.78 is 0.